The van der Waals surface area contributed by atoms with Crippen LogP contribution in [0.1, 0.15) is 104 Å². The average molecular weight is 488 g/mol. The van der Waals surface area contributed by atoms with E-state index < -0.39 is 11.2 Å². The molecule has 0 saturated heterocycles. The molecule has 0 aliphatic heterocycles. The van der Waals surface area contributed by atoms with Gasteiger partial charge in [0.05, 0.1) is 11.8 Å². The Morgan fingerprint density at radius 1 is 1.23 bits per heavy atom. The fourth-order valence-corrected chi connectivity index (χ4v) is 4.69. The van der Waals surface area contributed by atoms with Gasteiger partial charge in [0.15, 0.2) is 0 Å². The normalized spacial score (nSPS) is 17.5. The molecule has 1 saturated carbocycles. The van der Waals surface area contributed by atoms with Gasteiger partial charge in [0.25, 0.3) is 5.56 Å². The summed E-state index contributed by atoms with van der Waals surface area (Å²) in [7, 11) is 0. The van der Waals surface area contributed by atoms with Crippen LogP contribution in [0.4, 0.5) is 0 Å². The maximum Gasteiger partial charge on any atom is 0.337 e. The predicted molar refractivity (Wildman–Crippen MR) is 138 cm³/mol. The predicted octanol–water partition coefficient (Wildman–Crippen LogP) is 5.50. The van der Waals surface area contributed by atoms with Crippen LogP contribution in [0.5, 0.6) is 6.01 Å². The Hall–Kier alpha value is -2.48. The van der Waals surface area contributed by atoms with Crippen LogP contribution in [0.2, 0.25) is 0 Å². The van der Waals surface area contributed by atoms with E-state index in [1.54, 1.807) is 0 Å². The summed E-state index contributed by atoms with van der Waals surface area (Å²) >= 11 is 0. The molecule has 0 bridgehead atoms. The van der Waals surface area contributed by atoms with Gasteiger partial charge in [-0.05, 0) is 81.1 Å². The average Bonchev–Trinajstić information content (AvgIpc) is 2.79. The molecule has 2 N–H and O–H groups in total. The molecule has 8 nitrogen and oxygen atoms in total. The van der Waals surface area contributed by atoms with Crippen LogP contribution in [0.3, 0.4) is 0 Å². The molecule has 0 spiro atoms. The van der Waals surface area contributed by atoms with Crippen molar-refractivity contribution in [3.05, 3.63) is 32.4 Å². The lowest BCUT2D eigenvalue weighted by Crippen LogP contribution is -2.18. The number of nitrogens with zero attached hydrogens (tertiary/aromatic N) is 2. The Balaban J connectivity index is 1.60. The van der Waals surface area contributed by atoms with Crippen molar-refractivity contribution in [1.29, 1.82) is 0 Å². The molecule has 0 radical (unpaired) electrons. The van der Waals surface area contributed by atoms with Gasteiger partial charge in [-0.15, -0.1) is 0 Å². The number of aromatic amines is 1. The van der Waals surface area contributed by atoms with Gasteiger partial charge in [-0.25, -0.2) is 4.79 Å². The van der Waals surface area contributed by atoms with Crippen molar-refractivity contribution in [2.75, 3.05) is 0 Å². The molecule has 2 aromatic heterocycles. The third-order valence-electron chi connectivity index (χ3n) is 6.79. The molecular weight excluding hydrogens is 446 g/mol. The maximum absolute atomic E-state index is 12.8. The third-order valence-corrected chi connectivity index (χ3v) is 6.79. The van der Waals surface area contributed by atoms with E-state index in [9.17, 15) is 14.7 Å². The van der Waals surface area contributed by atoms with Gasteiger partial charge in [-0.3, -0.25) is 9.78 Å². The number of aromatic nitrogens is 2. The summed E-state index contributed by atoms with van der Waals surface area (Å²) in [6.07, 6.45) is 10.9. The highest BCUT2D eigenvalue weighted by atomic mass is 16.6. The Morgan fingerprint density at radius 3 is 2.66 bits per heavy atom. The van der Waals surface area contributed by atoms with E-state index in [0.717, 1.165) is 76.3 Å². The SMILES string of the molecule is CCCCC(O)CCC1CCC(=NOc2nc3oc(=O)cc(CCCC(C)(C)C)c3c(=O)[nH]2)CC1. The van der Waals surface area contributed by atoms with Gasteiger partial charge in [-0.2, -0.15) is 4.98 Å². The molecule has 1 atom stereocenters. The number of hydrogen-bond acceptors (Lipinski definition) is 7. The topological polar surface area (TPSA) is 118 Å². The second kappa shape index (κ2) is 12.5. The Bertz CT molecular complexity index is 1100. The molecular formula is C27H41N3O5. The maximum atomic E-state index is 12.8. The molecule has 1 aliphatic carbocycles. The van der Waals surface area contributed by atoms with Crippen molar-refractivity contribution >= 4 is 16.8 Å². The number of oxime groups is 1. The highest BCUT2D eigenvalue weighted by Crippen LogP contribution is 2.28. The molecule has 0 aromatic carbocycles. The molecule has 1 fully saturated rings. The lowest BCUT2D eigenvalue weighted by Gasteiger charge is -2.23. The summed E-state index contributed by atoms with van der Waals surface area (Å²) in [5, 5.41) is 14.6. The first kappa shape index (κ1) is 27.1. The first-order valence-corrected chi connectivity index (χ1v) is 13.1. The molecule has 1 unspecified atom stereocenters. The lowest BCUT2D eigenvalue weighted by molar-refractivity contribution is 0.140. The van der Waals surface area contributed by atoms with Crippen molar-refractivity contribution in [2.24, 2.45) is 16.5 Å². The van der Waals surface area contributed by atoms with E-state index >= 15 is 0 Å². The second-order valence-electron chi connectivity index (χ2n) is 11.1. The third kappa shape index (κ3) is 8.60. The van der Waals surface area contributed by atoms with Crippen LogP contribution in [-0.4, -0.2) is 26.9 Å². The molecule has 8 heteroatoms. The highest BCUT2D eigenvalue weighted by Gasteiger charge is 2.20. The zero-order valence-electron chi connectivity index (χ0n) is 21.7. The Kier molecular flexibility index (Phi) is 9.66. The number of rotatable bonds is 11. The second-order valence-corrected chi connectivity index (χ2v) is 11.1. The molecule has 2 aromatic rings. The van der Waals surface area contributed by atoms with Crippen molar-refractivity contribution in [3.63, 3.8) is 0 Å². The van der Waals surface area contributed by atoms with E-state index in [-0.39, 0.29) is 23.2 Å². The number of nitrogens with one attached hydrogen (secondary N) is 1. The van der Waals surface area contributed by atoms with Gasteiger partial charge in [0.2, 0.25) is 5.71 Å². The Morgan fingerprint density at radius 2 is 1.97 bits per heavy atom. The van der Waals surface area contributed by atoms with Crippen LogP contribution >= 0.6 is 0 Å². The minimum atomic E-state index is -0.531. The van der Waals surface area contributed by atoms with Gasteiger partial charge < -0.3 is 14.4 Å². The van der Waals surface area contributed by atoms with E-state index in [1.165, 1.54) is 6.07 Å². The largest absolute Gasteiger partial charge is 0.403 e. The van der Waals surface area contributed by atoms with Crippen LogP contribution in [0.15, 0.2) is 25.2 Å². The highest BCUT2D eigenvalue weighted by molar-refractivity contribution is 5.84. The van der Waals surface area contributed by atoms with Crippen LogP contribution in [0, 0.1) is 11.3 Å². The first-order valence-electron chi connectivity index (χ1n) is 13.1. The summed E-state index contributed by atoms with van der Waals surface area (Å²) in [5.74, 6) is 0.592. The lowest BCUT2D eigenvalue weighted by atomic mass is 9.84. The molecule has 1 aliphatic rings. The standard InChI is InChI=1S/C27H41N3O5/c1-5-6-9-21(31)15-12-18-10-13-20(14-11-18)30-35-26-28-24(33)23-19(8-7-16-27(2,3)4)17-22(32)34-25(23)29-26/h17-18,21,31H,5-16H2,1-4H3,(H,28,29,33). The molecule has 35 heavy (non-hydrogen) atoms. The fraction of sp³-hybridized carbons (Fsp3) is 0.704. The molecule has 0 amide bonds. The number of aliphatic hydroxyl groups is 1. The molecule has 3 rings (SSSR count). The van der Waals surface area contributed by atoms with Crippen LogP contribution in [0.25, 0.3) is 11.1 Å². The van der Waals surface area contributed by atoms with Gasteiger partial charge >= 0.3 is 11.6 Å². The monoisotopic (exact) mass is 487 g/mol. The minimum absolute atomic E-state index is 0.0208. The van der Waals surface area contributed by atoms with E-state index in [2.05, 4.69) is 42.8 Å². The minimum Gasteiger partial charge on any atom is -0.403 e. The number of fused-ring (bicyclic) bond motifs is 1. The quantitative estimate of drug-likeness (QED) is 0.404. The van der Waals surface area contributed by atoms with Crippen LogP contribution < -0.4 is 16.0 Å². The van der Waals surface area contributed by atoms with Crippen molar-refractivity contribution in [1.82, 2.24) is 9.97 Å². The van der Waals surface area contributed by atoms with Crippen molar-refractivity contribution in [2.45, 2.75) is 111 Å². The first-order chi connectivity index (χ1) is 16.6. The summed E-state index contributed by atoms with van der Waals surface area (Å²) in [4.78, 5) is 37.1. The van der Waals surface area contributed by atoms with Gasteiger partial charge in [0, 0.05) is 6.07 Å². The zero-order valence-corrected chi connectivity index (χ0v) is 21.7. The number of H-pyrrole nitrogens is 1. The van der Waals surface area contributed by atoms with E-state index in [0.29, 0.717) is 23.3 Å². The van der Waals surface area contributed by atoms with Gasteiger partial charge in [0.1, 0.15) is 5.39 Å². The van der Waals surface area contributed by atoms with Crippen molar-refractivity contribution in [3.8, 4) is 6.01 Å². The summed E-state index contributed by atoms with van der Waals surface area (Å²) in [6.45, 7) is 8.63. The summed E-state index contributed by atoms with van der Waals surface area (Å²) in [6, 6.07) is 1.30. The van der Waals surface area contributed by atoms with E-state index in [1.807, 2.05) is 0 Å². The summed E-state index contributed by atoms with van der Waals surface area (Å²) < 4.78 is 5.21. The van der Waals surface area contributed by atoms with Crippen molar-refractivity contribution < 1.29 is 14.4 Å². The number of aryl methyl sites for hydroxylation is 1. The Labute approximate surface area is 207 Å². The van der Waals surface area contributed by atoms with Crippen LogP contribution in [-0.2, 0) is 6.42 Å². The smallest absolute Gasteiger partial charge is 0.337 e. The number of unbranched alkanes of at least 4 members (excludes halogenated alkanes) is 1. The molecule has 194 valence electrons. The summed E-state index contributed by atoms with van der Waals surface area (Å²) in [5.41, 5.74) is 0.794. The zero-order chi connectivity index (χ0) is 25.4. The van der Waals surface area contributed by atoms with Gasteiger partial charge in [-0.1, -0.05) is 45.7 Å². The number of hydrogen-bond donors (Lipinski definition) is 2. The fourth-order valence-electron chi connectivity index (χ4n) is 4.69. The molecule has 2 heterocycles. The number of aliphatic hydroxyl groups excluding tert-OH is 1. The van der Waals surface area contributed by atoms with E-state index in [4.69, 9.17) is 9.25 Å².